The number of fused-ring (bicyclic) bond motifs is 3. The minimum absolute atomic E-state index is 0.250. The van der Waals surface area contributed by atoms with E-state index in [0.29, 0.717) is 33.8 Å². The number of carbonyl (C=O) groups excluding carboxylic acids is 2. The summed E-state index contributed by atoms with van der Waals surface area (Å²) in [6.07, 6.45) is 3.98. The van der Waals surface area contributed by atoms with Crippen molar-refractivity contribution in [3.05, 3.63) is 156 Å². The average Bonchev–Trinajstić information content (AvgIpc) is 3.18. The number of carbonyl (C=O) groups is 2. The standard InChI is InChI=1S/C47H42O6/c1-4-8-32-14-18-34(19-15-32)36-22-26-38(27-23-36)46(48)52-42-12-6-10-40-44(42)45-41(51-31(3)30-50-40)11-7-13-43(45)53-47(49)39-28-24-37(25-29-39)35-20-16-33(9-5-2)17-21-35/h6-7,10-29,31H,4-5,8-9,30H2,1-3H3. The first kappa shape index (κ1) is 35.3. The Balaban J connectivity index is 1.16. The highest BCUT2D eigenvalue weighted by Crippen LogP contribution is 2.49. The van der Waals surface area contributed by atoms with Gasteiger partial charge in [0, 0.05) is 0 Å². The maximum absolute atomic E-state index is 13.6. The van der Waals surface area contributed by atoms with Gasteiger partial charge in [-0.2, -0.15) is 0 Å². The van der Waals surface area contributed by atoms with Crippen molar-refractivity contribution in [3.8, 4) is 56.4 Å². The molecule has 53 heavy (non-hydrogen) atoms. The Hall–Kier alpha value is -6.14. The molecule has 0 bridgehead atoms. The second-order valence-corrected chi connectivity index (χ2v) is 13.3. The lowest BCUT2D eigenvalue weighted by Gasteiger charge is -2.26. The summed E-state index contributed by atoms with van der Waals surface area (Å²) in [6.45, 7) is 6.51. The zero-order valence-corrected chi connectivity index (χ0v) is 30.3. The van der Waals surface area contributed by atoms with E-state index in [9.17, 15) is 9.59 Å². The molecule has 0 saturated carbocycles. The van der Waals surface area contributed by atoms with Crippen molar-refractivity contribution in [1.29, 1.82) is 0 Å². The number of benzene rings is 6. The van der Waals surface area contributed by atoms with E-state index < -0.39 is 11.9 Å². The second-order valence-electron chi connectivity index (χ2n) is 13.3. The summed E-state index contributed by atoms with van der Waals surface area (Å²) in [4.78, 5) is 27.3. The summed E-state index contributed by atoms with van der Waals surface area (Å²) in [7, 11) is 0. The van der Waals surface area contributed by atoms with Crippen LogP contribution in [-0.4, -0.2) is 24.6 Å². The van der Waals surface area contributed by atoms with Crippen molar-refractivity contribution in [2.75, 3.05) is 6.61 Å². The Kier molecular flexibility index (Phi) is 10.7. The Morgan fingerprint density at radius 2 is 0.943 bits per heavy atom. The van der Waals surface area contributed by atoms with Crippen molar-refractivity contribution in [2.45, 2.75) is 52.6 Å². The van der Waals surface area contributed by atoms with Gasteiger partial charge in [-0.25, -0.2) is 9.59 Å². The van der Waals surface area contributed by atoms with Crippen LogP contribution in [0, 0.1) is 0 Å². The van der Waals surface area contributed by atoms with Gasteiger partial charge in [0.2, 0.25) is 0 Å². The number of hydrogen-bond donors (Lipinski definition) is 0. The summed E-state index contributed by atoms with van der Waals surface area (Å²) < 4.78 is 24.6. The van der Waals surface area contributed by atoms with Crippen LogP contribution < -0.4 is 18.9 Å². The van der Waals surface area contributed by atoms with Gasteiger partial charge in [-0.1, -0.05) is 112 Å². The predicted molar refractivity (Wildman–Crippen MR) is 209 cm³/mol. The Morgan fingerprint density at radius 1 is 0.547 bits per heavy atom. The number of hydrogen-bond acceptors (Lipinski definition) is 6. The Labute approximate surface area is 311 Å². The van der Waals surface area contributed by atoms with Crippen LogP contribution in [0.4, 0.5) is 0 Å². The predicted octanol–water partition coefficient (Wildman–Crippen LogP) is 11.2. The molecule has 0 N–H and O–H groups in total. The highest BCUT2D eigenvalue weighted by molar-refractivity contribution is 5.96. The fourth-order valence-electron chi connectivity index (χ4n) is 6.58. The van der Waals surface area contributed by atoms with Crippen LogP contribution >= 0.6 is 0 Å². The van der Waals surface area contributed by atoms with Gasteiger partial charge in [-0.3, -0.25) is 0 Å². The fraction of sp³-hybridized carbons (Fsp3) is 0.191. The third-order valence-corrected chi connectivity index (χ3v) is 9.33. The molecule has 0 amide bonds. The summed E-state index contributed by atoms with van der Waals surface area (Å²) >= 11 is 0. The normalized spacial score (nSPS) is 13.3. The second kappa shape index (κ2) is 16.0. The molecule has 0 spiro atoms. The average molecular weight is 703 g/mol. The molecular weight excluding hydrogens is 661 g/mol. The lowest BCUT2D eigenvalue weighted by atomic mass is 9.99. The number of esters is 2. The molecule has 1 aliphatic heterocycles. The van der Waals surface area contributed by atoms with Crippen molar-refractivity contribution in [3.63, 3.8) is 0 Å². The van der Waals surface area contributed by atoms with Gasteiger partial charge in [0.1, 0.15) is 35.7 Å². The molecule has 1 heterocycles. The van der Waals surface area contributed by atoms with Crippen LogP contribution in [0.15, 0.2) is 133 Å². The van der Waals surface area contributed by atoms with Crippen LogP contribution in [0.5, 0.6) is 23.0 Å². The first-order valence-electron chi connectivity index (χ1n) is 18.3. The highest BCUT2D eigenvalue weighted by atomic mass is 16.6. The monoisotopic (exact) mass is 702 g/mol. The molecule has 0 saturated heterocycles. The third-order valence-electron chi connectivity index (χ3n) is 9.33. The van der Waals surface area contributed by atoms with Gasteiger partial charge >= 0.3 is 11.9 Å². The molecule has 0 aliphatic carbocycles. The molecule has 0 aromatic heterocycles. The summed E-state index contributed by atoms with van der Waals surface area (Å²) in [5.41, 5.74) is 8.46. The van der Waals surface area contributed by atoms with Gasteiger partial charge in [0.15, 0.2) is 0 Å². The van der Waals surface area contributed by atoms with E-state index in [2.05, 4.69) is 62.4 Å². The largest absolute Gasteiger partial charge is 0.489 e. The number of rotatable bonds is 10. The van der Waals surface area contributed by atoms with Crippen LogP contribution in [0.25, 0.3) is 33.4 Å². The summed E-state index contributed by atoms with van der Waals surface area (Å²) in [6, 6.07) is 42.3. The van der Waals surface area contributed by atoms with Gasteiger partial charge in [-0.05, 0) is 102 Å². The third kappa shape index (κ3) is 8.02. The van der Waals surface area contributed by atoms with E-state index in [-0.39, 0.29) is 24.2 Å². The molecule has 0 radical (unpaired) electrons. The molecule has 1 aliphatic rings. The minimum Gasteiger partial charge on any atom is -0.489 e. The van der Waals surface area contributed by atoms with Crippen LogP contribution in [0.2, 0.25) is 0 Å². The molecular formula is C47H42O6. The van der Waals surface area contributed by atoms with E-state index in [1.807, 2.05) is 37.3 Å². The minimum atomic E-state index is -0.532. The van der Waals surface area contributed by atoms with Gasteiger partial charge in [0.25, 0.3) is 0 Å². The molecule has 7 rings (SSSR count). The van der Waals surface area contributed by atoms with E-state index >= 15 is 0 Å². The topological polar surface area (TPSA) is 71.1 Å². The first-order valence-corrected chi connectivity index (χ1v) is 18.3. The number of aryl methyl sites for hydroxylation is 2. The van der Waals surface area contributed by atoms with E-state index in [0.717, 1.165) is 47.9 Å². The van der Waals surface area contributed by atoms with Gasteiger partial charge in [-0.15, -0.1) is 0 Å². The van der Waals surface area contributed by atoms with E-state index in [1.165, 1.54) is 11.1 Å². The van der Waals surface area contributed by atoms with Crippen LogP contribution in [0.3, 0.4) is 0 Å². The SMILES string of the molecule is CCCc1ccc(-c2ccc(C(=O)Oc3cccc4c3-c3c(OC(=O)c5ccc(-c6ccc(CCC)cc6)cc5)cccc3OC(C)CO4)cc2)cc1. The lowest BCUT2D eigenvalue weighted by molar-refractivity contribution is 0.0720. The molecule has 6 aromatic carbocycles. The Morgan fingerprint density at radius 3 is 1.38 bits per heavy atom. The molecule has 1 unspecified atom stereocenters. The first-order chi connectivity index (χ1) is 25.9. The van der Waals surface area contributed by atoms with Crippen molar-refractivity contribution >= 4 is 11.9 Å². The number of ether oxygens (including phenoxy) is 4. The fourth-order valence-corrected chi connectivity index (χ4v) is 6.58. The van der Waals surface area contributed by atoms with Gasteiger partial charge < -0.3 is 18.9 Å². The summed E-state index contributed by atoms with van der Waals surface area (Å²) in [5.74, 6) is 0.393. The lowest BCUT2D eigenvalue weighted by Crippen LogP contribution is -2.23. The van der Waals surface area contributed by atoms with Crippen molar-refractivity contribution < 1.29 is 28.5 Å². The van der Waals surface area contributed by atoms with Crippen LogP contribution in [-0.2, 0) is 12.8 Å². The zero-order valence-electron chi connectivity index (χ0n) is 30.3. The zero-order chi connectivity index (χ0) is 36.7. The smallest absolute Gasteiger partial charge is 0.343 e. The quantitative estimate of drug-likeness (QED) is 0.105. The van der Waals surface area contributed by atoms with Gasteiger partial charge in [0.05, 0.1) is 22.3 Å². The molecule has 266 valence electrons. The van der Waals surface area contributed by atoms with E-state index in [1.54, 1.807) is 54.6 Å². The van der Waals surface area contributed by atoms with Crippen molar-refractivity contribution in [1.82, 2.24) is 0 Å². The Bertz CT molecular complexity index is 2200. The maximum atomic E-state index is 13.6. The molecule has 0 fully saturated rings. The molecule has 1 atom stereocenters. The van der Waals surface area contributed by atoms with E-state index in [4.69, 9.17) is 18.9 Å². The van der Waals surface area contributed by atoms with Crippen LogP contribution in [0.1, 0.15) is 65.5 Å². The highest BCUT2D eigenvalue weighted by Gasteiger charge is 2.28. The molecule has 6 nitrogen and oxygen atoms in total. The summed E-state index contributed by atoms with van der Waals surface area (Å²) in [5, 5.41) is 0. The molecule has 6 heteroatoms. The molecule has 6 aromatic rings. The van der Waals surface area contributed by atoms with Crippen molar-refractivity contribution in [2.24, 2.45) is 0 Å². The maximum Gasteiger partial charge on any atom is 0.343 e.